The van der Waals surface area contributed by atoms with Gasteiger partial charge in [0.2, 0.25) is 5.91 Å². The molecule has 1 fully saturated rings. The van der Waals surface area contributed by atoms with E-state index in [1.807, 2.05) is 48.2 Å². The van der Waals surface area contributed by atoms with Gasteiger partial charge in [-0.25, -0.2) is 0 Å². The standard InChI is InChI=1S/C22H27Cl2N3O/c1-25(18-10-11-19(23)20(24)14-18)16-22(28)26(2)21(15-27-12-6-7-13-27)17-8-4-3-5-9-17/h3-5,8-11,14,21H,6-7,12-13,15-16H2,1-2H3/t21-/m1/s1. The molecule has 4 nitrogen and oxygen atoms in total. The van der Waals surface area contributed by atoms with Gasteiger partial charge in [0, 0.05) is 26.3 Å². The Kier molecular flexibility index (Phi) is 7.22. The van der Waals surface area contributed by atoms with Crippen molar-refractivity contribution < 1.29 is 4.79 Å². The number of likely N-dealkylation sites (tertiary alicyclic amines) is 1. The van der Waals surface area contributed by atoms with E-state index in [0.717, 1.165) is 25.3 Å². The number of hydrogen-bond acceptors (Lipinski definition) is 3. The normalized spacial score (nSPS) is 15.4. The second-order valence-corrected chi connectivity index (χ2v) is 8.21. The summed E-state index contributed by atoms with van der Waals surface area (Å²) in [5, 5.41) is 1.00. The summed E-state index contributed by atoms with van der Waals surface area (Å²) in [7, 11) is 3.79. The molecule has 2 aromatic rings. The summed E-state index contributed by atoms with van der Waals surface area (Å²) in [6.07, 6.45) is 2.47. The molecule has 3 rings (SSSR count). The Balaban J connectivity index is 1.72. The Hall–Kier alpha value is -1.75. The monoisotopic (exact) mass is 419 g/mol. The summed E-state index contributed by atoms with van der Waals surface area (Å²) >= 11 is 12.1. The minimum atomic E-state index is 0.0361. The van der Waals surface area contributed by atoms with Crippen molar-refractivity contribution >= 4 is 34.8 Å². The van der Waals surface area contributed by atoms with Crippen LogP contribution in [0.5, 0.6) is 0 Å². The van der Waals surface area contributed by atoms with Crippen LogP contribution in [-0.2, 0) is 4.79 Å². The number of anilines is 1. The molecule has 0 bridgehead atoms. The molecule has 1 heterocycles. The molecule has 0 radical (unpaired) electrons. The van der Waals surface area contributed by atoms with Crippen molar-refractivity contribution in [1.29, 1.82) is 0 Å². The Morgan fingerprint density at radius 2 is 1.71 bits per heavy atom. The van der Waals surface area contributed by atoms with Gasteiger partial charge in [-0.1, -0.05) is 53.5 Å². The summed E-state index contributed by atoms with van der Waals surface area (Å²) in [4.78, 5) is 19.3. The van der Waals surface area contributed by atoms with Gasteiger partial charge >= 0.3 is 0 Å². The van der Waals surface area contributed by atoms with Crippen molar-refractivity contribution in [1.82, 2.24) is 9.80 Å². The summed E-state index contributed by atoms with van der Waals surface area (Å²) < 4.78 is 0. The van der Waals surface area contributed by atoms with E-state index in [1.54, 1.807) is 12.1 Å². The third-order valence-corrected chi connectivity index (χ3v) is 6.13. The molecule has 0 saturated carbocycles. The number of carbonyl (C=O) groups excluding carboxylic acids is 1. The first-order chi connectivity index (χ1) is 13.5. The van der Waals surface area contributed by atoms with Gasteiger partial charge in [0.25, 0.3) is 0 Å². The lowest BCUT2D eigenvalue weighted by Gasteiger charge is -2.33. The molecule has 150 valence electrons. The molecule has 6 heteroatoms. The summed E-state index contributed by atoms with van der Waals surface area (Å²) in [5.41, 5.74) is 2.04. The Bertz CT molecular complexity index is 794. The zero-order valence-electron chi connectivity index (χ0n) is 16.4. The maximum absolute atomic E-state index is 13.1. The SMILES string of the molecule is CN(CC(=O)N(C)[C@H](CN1CCCC1)c1ccccc1)c1ccc(Cl)c(Cl)c1. The Labute approximate surface area is 177 Å². The number of rotatable bonds is 7. The van der Waals surface area contributed by atoms with Crippen molar-refractivity contribution in [3.63, 3.8) is 0 Å². The zero-order valence-corrected chi connectivity index (χ0v) is 18.0. The number of amides is 1. The quantitative estimate of drug-likeness (QED) is 0.648. The van der Waals surface area contributed by atoms with E-state index in [-0.39, 0.29) is 18.5 Å². The van der Waals surface area contributed by atoms with Crippen LogP contribution in [0.2, 0.25) is 10.0 Å². The first kappa shape index (κ1) is 21.0. The van der Waals surface area contributed by atoms with Gasteiger partial charge < -0.3 is 14.7 Å². The maximum Gasteiger partial charge on any atom is 0.242 e. The summed E-state index contributed by atoms with van der Waals surface area (Å²) in [5.74, 6) is 0.0709. The van der Waals surface area contributed by atoms with Crippen molar-refractivity contribution in [3.8, 4) is 0 Å². The summed E-state index contributed by atoms with van der Waals surface area (Å²) in [6.45, 7) is 3.35. The Morgan fingerprint density at radius 3 is 2.36 bits per heavy atom. The molecule has 28 heavy (non-hydrogen) atoms. The minimum Gasteiger partial charge on any atom is -0.365 e. The van der Waals surface area contributed by atoms with Crippen molar-refractivity contribution in [3.05, 3.63) is 64.1 Å². The van der Waals surface area contributed by atoms with E-state index >= 15 is 0 Å². The van der Waals surface area contributed by atoms with Gasteiger partial charge in [0.15, 0.2) is 0 Å². The molecule has 0 N–H and O–H groups in total. The van der Waals surface area contributed by atoms with Crippen LogP contribution in [-0.4, -0.2) is 56.0 Å². The first-order valence-electron chi connectivity index (χ1n) is 9.65. The molecule has 1 amide bonds. The van der Waals surface area contributed by atoms with Crippen LogP contribution in [0.1, 0.15) is 24.4 Å². The lowest BCUT2D eigenvalue weighted by molar-refractivity contribution is -0.131. The van der Waals surface area contributed by atoms with E-state index in [2.05, 4.69) is 17.0 Å². The molecule has 1 atom stereocenters. The number of benzene rings is 2. The third-order valence-electron chi connectivity index (χ3n) is 5.39. The zero-order chi connectivity index (χ0) is 20.1. The molecule has 2 aromatic carbocycles. The second kappa shape index (κ2) is 9.64. The van der Waals surface area contributed by atoms with Crippen molar-refractivity contribution in [2.45, 2.75) is 18.9 Å². The fraction of sp³-hybridized carbons (Fsp3) is 0.409. The van der Waals surface area contributed by atoms with Crippen LogP contribution in [0, 0.1) is 0 Å². The molecule has 0 spiro atoms. The molecule has 1 aliphatic rings. The lowest BCUT2D eigenvalue weighted by atomic mass is 10.0. The summed E-state index contributed by atoms with van der Waals surface area (Å²) in [6, 6.07) is 15.7. The van der Waals surface area contributed by atoms with Crippen LogP contribution in [0.3, 0.4) is 0 Å². The van der Waals surface area contributed by atoms with E-state index in [1.165, 1.54) is 18.4 Å². The van der Waals surface area contributed by atoms with E-state index in [4.69, 9.17) is 23.2 Å². The van der Waals surface area contributed by atoms with Gasteiger partial charge in [0.05, 0.1) is 22.6 Å². The van der Waals surface area contributed by atoms with Gasteiger partial charge in [-0.05, 0) is 49.7 Å². The van der Waals surface area contributed by atoms with Gasteiger partial charge in [-0.2, -0.15) is 0 Å². The smallest absolute Gasteiger partial charge is 0.242 e. The first-order valence-corrected chi connectivity index (χ1v) is 10.4. The molecule has 0 aliphatic carbocycles. The van der Waals surface area contributed by atoms with Crippen molar-refractivity contribution in [2.24, 2.45) is 0 Å². The van der Waals surface area contributed by atoms with Crippen LogP contribution in [0.4, 0.5) is 5.69 Å². The topological polar surface area (TPSA) is 26.8 Å². The number of likely N-dealkylation sites (N-methyl/N-ethyl adjacent to an activating group) is 2. The number of hydrogen-bond donors (Lipinski definition) is 0. The Morgan fingerprint density at radius 1 is 1.04 bits per heavy atom. The number of halogens is 2. The highest BCUT2D eigenvalue weighted by Gasteiger charge is 2.26. The average molecular weight is 420 g/mol. The van der Waals surface area contributed by atoms with Gasteiger partial charge in [-0.15, -0.1) is 0 Å². The lowest BCUT2D eigenvalue weighted by Crippen LogP contribution is -2.42. The highest BCUT2D eigenvalue weighted by atomic mass is 35.5. The van der Waals surface area contributed by atoms with Gasteiger partial charge in [0.1, 0.15) is 0 Å². The van der Waals surface area contributed by atoms with Crippen molar-refractivity contribution in [2.75, 3.05) is 45.2 Å². The predicted molar refractivity (Wildman–Crippen MR) is 117 cm³/mol. The fourth-order valence-corrected chi connectivity index (χ4v) is 3.93. The van der Waals surface area contributed by atoms with Crippen LogP contribution in [0.25, 0.3) is 0 Å². The van der Waals surface area contributed by atoms with Crippen LogP contribution in [0.15, 0.2) is 48.5 Å². The molecule has 0 aromatic heterocycles. The molecule has 1 saturated heterocycles. The maximum atomic E-state index is 13.1. The molecular weight excluding hydrogens is 393 g/mol. The number of carbonyl (C=O) groups is 1. The van der Waals surface area contributed by atoms with Crippen LogP contribution < -0.4 is 4.90 Å². The fourth-order valence-electron chi connectivity index (χ4n) is 3.64. The molecule has 0 unspecified atom stereocenters. The predicted octanol–water partition coefficient (Wildman–Crippen LogP) is 4.73. The molecule has 1 aliphatic heterocycles. The molecular formula is C22H27Cl2N3O. The third kappa shape index (κ3) is 5.19. The van der Waals surface area contributed by atoms with E-state index in [0.29, 0.717) is 10.0 Å². The van der Waals surface area contributed by atoms with Gasteiger partial charge in [-0.3, -0.25) is 4.79 Å². The van der Waals surface area contributed by atoms with E-state index in [9.17, 15) is 4.79 Å². The second-order valence-electron chi connectivity index (χ2n) is 7.39. The highest BCUT2D eigenvalue weighted by Crippen LogP contribution is 2.27. The minimum absolute atomic E-state index is 0.0361. The van der Waals surface area contributed by atoms with E-state index < -0.39 is 0 Å². The largest absolute Gasteiger partial charge is 0.365 e. The average Bonchev–Trinajstić information content (AvgIpc) is 3.21. The highest BCUT2D eigenvalue weighted by molar-refractivity contribution is 6.42. The van der Waals surface area contributed by atoms with Crippen LogP contribution >= 0.6 is 23.2 Å². The number of nitrogens with zero attached hydrogens (tertiary/aromatic N) is 3.